The molecule has 0 radical (unpaired) electrons. The van der Waals surface area contributed by atoms with Crippen LogP contribution in [-0.2, 0) is 20.4 Å². The minimum atomic E-state index is -4.40. The molecule has 2 unspecified atom stereocenters. The molecule has 4 atom stereocenters. The summed E-state index contributed by atoms with van der Waals surface area (Å²) in [7, 11) is 1.70. The lowest BCUT2D eigenvalue weighted by Crippen LogP contribution is -2.52. The van der Waals surface area contributed by atoms with Crippen molar-refractivity contribution in [1.82, 2.24) is 10.2 Å². The van der Waals surface area contributed by atoms with E-state index in [1.807, 2.05) is 4.90 Å². The van der Waals surface area contributed by atoms with Crippen molar-refractivity contribution in [3.63, 3.8) is 0 Å². The van der Waals surface area contributed by atoms with Gasteiger partial charge in [-0.1, -0.05) is 38.1 Å². The topological polar surface area (TPSA) is 50.8 Å². The van der Waals surface area contributed by atoms with Gasteiger partial charge in [0, 0.05) is 38.9 Å². The summed E-state index contributed by atoms with van der Waals surface area (Å²) in [4.78, 5) is 15.7. The van der Waals surface area contributed by atoms with Gasteiger partial charge in [0.05, 0.1) is 23.7 Å². The molecule has 4 rings (SSSR count). The van der Waals surface area contributed by atoms with Gasteiger partial charge in [-0.25, -0.2) is 0 Å². The van der Waals surface area contributed by atoms with Gasteiger partial charge in [0.25, 0.3) is 0 Å². The molecule has 3 aliphatic rings. The summed E-state index contributed by atoms with van der Waals surface area (Å²) in [5.74, 6) is 0.303. The molecule has 1 amide bonds. The van der Waals surface area contributed by atoms with Crippen LogP contribution in [0.15, 0.2) is 30.3 Å². The predicted molar refractivity (Wildman–Crippen MR) is 129 cm³/mol. The van der Waals surface area contributed by atoms with Crippen LogP contribution in [0.5, 0.6) is 0 Å². The maximum absolute atomic E-state index is 13.8. The number of rotatable bonds is 6. The summed E-state index contributed by atoms with van der Waals surface area (Å²) >= 11 is 0. The van der Waals surface area contributed by atoms with Crippen molar-refractivity contribution in [2.24, 2.45) is 11.3 Å². The molecule has 2 fully saturated rings. The highest BCUT2D eigenvalue weighted by Gasteiger charge is 2.50. The highest BCUT2D eigenvalue weighted by Crippen LogP contribution is 2.47. The molecule has 35 heavy (non-hydrogen) atoms. The molecular formula is C27H37F3N2O3. The van der Waals surface area contributed by atoms with Crippen LogP contribution < -0.4 is 5.32 Å². The highest BCUT2D eigenvalue weighted by molar-refractivity contribution is 5.85. The number of hydrogen-bond acceptors (Lipinski definition) is 4. The first kappa shape index (κ1) is 26.2. The third-order valence-electron chi connectivity index (χ3n) is 8.21. The van der Waals surface area contributed by atoms with Gasteiger partial charge in [-0.3, -0.25) is 4.79 Å². The van der Waals surface area contributed by atoms with Gasteiger partial charge < -0.3 is 19.7 Å². The highest BCUT2D eigenvalue weighted by atomic mass is 19.4. The first-order valence-electron chi connectivity index (χ1n) is 12.7. The van der Waals surface area contributed by atoms with Crippen LogP contribution in [0.1, 0.15) is 57.1 Å². The van der Waals surface area contributed by atoms with Crippen LogP contribution in [0.2, 0.25) is 0 Å². The molecule has 2 aliphatic heterocycles. The standard InChI is InChI=1S/C27H37F3N2O3/c1-18(2)26(12-8-20(16-26)31-23-11-15-35-17-24(23)34-3)25(33)32-13-9-19(10-14-32)21-6-4-5-7-22(21)27(28,29)30/h4-7,9,18,20,23-24,31H,8,10-17H2,1-3H3/t20-,23?,24?,26+/m1/s1. The second-order valence-electron chi connectivity index (χ2n) is 10.4. The number of carbonyl (C=O) groups is 1. The van der Waals surface area contributed by atoms with Crippen molar-refractivity contribution in [2.75, 3.05) is 33.4 Å². The van der Waals surface area contributed by atoms with Gasteiger partial charge in [0.2, 0.25) is 5.91 Å². The van der Waals surface area contributed by atoms with Gasteiger partial charge in [-0.05, 0) is 55.2 Å². The Balaban J connectivity index is 1.45. The summed E-state index contributed by atoms with van der Waals surface area (Å²) in [5, 5.41) is 3.74. The zero-order valence-electron chi connectivity index (χ0n) is 20.9. The summed E-state index contributed by atoms with van der Waals surface area (Å²) < 4.78 is 51.6. The van der Waals surface area contributed by atoms with Gasteiger partial charge in [0.15, 0.2) is 0 Å². The maximum Gasteiger partial charge on any atom is 0.416 e. The van der Waals surface area contributed by atoms with E-state index in [-0.39, 0.29) is 35.6 Å². The van der Waals surface area contributed by atoms with E-state index in [9.17, 15) is 18.0 Å². The van der Waals surface area contributed by atoms with E-state index in [0.717, 1.165) is 31.7 Å². The van der Waals surface area contributed by atoms with E-state index >= 15 is 0 Å². The minimum Gasteiger partial charge on any atom is -0.379 e. The molecule has 1 aromatic carbocycles. The Kier molecular flexibility index (Phi) is 7.93. The van der Waals surface area contributed by atoms with E-state index in [2.05, 4.69) is 19.2 Å². The molecule has 0 aromatic heterocycles. The Morgan fingerprint density at radius 1 is 1.26 bits per heavy atom. The second kappa shape index (κ2) is 10.6. The molecule has 0 bridgehead atoms. The average Bonchev–Trinajstić information content (AvgIpc) is 3.29. The Bertz CT molecular complexity index is 932. The van der Waals surface area contributed by atoms with Crippen LogP contribution in [0.4, 0.5) is 13.2 Å². The van der Waals surface area contributed by atoms with Gasteiger partial charge in [0.1, 0.15) is 0 Å². The Morgan fingerprint density at radius 3 is 2.69 bits per heavy atom. The summed E-state index contributed by atoms with van der Waals surface area (Å²) in [6.45, 7) is 6.29. The van der Waals surface area contributed by atoms with Crippen molar-refractivity contribution in [1.29, 1.82) is 0 Å². The largest absolute Gasteiger partial charge is 0.416 e. The van der Waals surface area contributed by atoms with Gasteiger partial charge in [-0.2, -0.15) is 13.2 Å². The third kappa shape index (κ3) is 5.44. The average molecular weight is 495 g/mol. The molecule has 8 heteroatoms. The van der Waals surface area contributed by atoms with E-state index in [0.29, 0.717) is 38.3 Å². The predicted octanol–water partition coefficient (Wildman–Crippen LogP) is 4.91. The molecular weight excluding hydrogens is 457 g/mol. The first-order chi connectivity index (χ1) is 16.7. The number of halogens is 3. The molecule has 1 N–H and O–H groups in total. The SMILES string of the molecule is COC1COCCC1N[C@@H]1CC[C@@](C(=O)N2CC=C(c3ccccc3C(F)(F)F)CC2)(C(C)C)C1. The summed E-state index contributed by atoms with van der Waals surface area (Å²) in [5.41, 5.74) is -0.186. The number of ether oxygens (including phenoxy) is 2. The number of nitrogens with one attached hydrogen (secondary N) is 1. The monoisotopic (exact) mass is 494 g/mol. The van der Waals surface area contributed by atoms with Gasteiger partial charge in [-0.15, -0.1) is 0 Å². The van der Waals surface area contributed by atoms with Crippen molar-refractivity contribution >= 4 is 11.5 Å². The van der Waals surface area contributed by atoms with Crippen LogP contribution in [-0.4, -0.2) is 62.4 Å². The zero-order valence-corrected chi connectivity index (χ0v) is 20.9. The molecule has 1 aromatic rings. The number of hydrogen-bond donors (Lipinski definition) is 1. The molecule has 1 saturated heterocycles. The number of benzene rings is 1. The summed E-state index contributed by atoms with van der Waals surface area (Å²) in [6, 6.07) is 6.15. The molecule has 1 aliphatic carbocycles. The quantitative estimate of drug-likeness (QED) is 0.611. The smallest absolute Gasteiger partial charge is 0.379 e. The van der Waals surface area contributed by atoms with Crippen molar-refractivity contribution < 1.29 is 27.4 Å². The van der Waals surface area contributed by atoms with E-state index in [4.69, 9.17) is 9.47 Å². The summed E-state index contributed by atoms with van der Waals surface area (Å²) in [6.07, 6.45) is 1.22. The van der Waals surface area contributed by atoms with Crippen LogP contribution in [0.25, 0.3) is 5.57 Å². The lowest BCUT2D eigenvalue weighted by atomic mass is 9.74. The van der Waals surface area contributed by atoms with Crippen molar-refractivity contribution in [3.05, 3.63) is 41.5 Å². The molecule has 0 spiro atoms. The number of amides is 1. The lowest BCUT2D eigenvalue weighted by molar-refractivity contribution is -0.144. The Morgan fingerprint density at radius 2 is 2.03 bits per heavy atom. The number of carbonyl (C=O) groups excluding carboxylic acids is 1. The normalized spacial score (nSPS) is 30.0. The molecule has 194 valence electrons. The molecule has 1 saturated carbocycles. The lowest BCUT2D eigenvalue weighted by Gasteiger charge is -2.39. The fourth-order valence-electron chi connectivity index (χ4n) is 6.04. The Hall–Kier alpha value is -1.90. The van der Waals surface area contributed by atoms with Gasteiger partial charge >= 0.3 is 6.18 Å². The first-order valence-corrected chi connectivity index (χ1v) is 12.7. The van der Waals surface area contributed by atoms with Crippen molar-refractivity contribution in [3.8, 4) is 0 Å². The van der Waals surface area contributed by atoms with Crippen LogP contribution >= 0.6 is 0 Å². The molecule has 2 heterocycles. The fraction of sp³-hybridized carbons (Fsp3) is 0.667. The Labute approximate surface area is 206 Å². The van der Waals surface area contributed by atoms with Crippen LogP contribution in [0.3, 0.4) is 0 Å². The van der Waals surface area contributed by atoms with E-state index < -0.39 is 17.2 Å². The number of nitrogens with zero attached hydrogens (tertiary/aromatic N) is 1. The van der Waals surface area contributed by atoms with E-state index in [1.54, 1.807) is 19.3 Å². The maximum atomic E-state index is 13.8. The second-order valence-corrected chi connectivity index (χ2v) is 10.4. The number of methoxy groups -OCH3 is 1. The minimum absolute atomic E-state index is 0.0127. The number of alkyl halides is 3. The van der Waals surface area contributed by atoms with Crippen LogP contribution in [0, 0.1) is 11.3 Å². The fourth-order valence-corrected chi connectivity index (χ4v) is 6.04. The van der Waals surface area contributed by atoms with Crippen molar-refractivity contribution in [2.45, 2.75) is 70.3 Å². The molecule has 5 nitrogen and oxygen atoms in total. The van der Waals surface area contributed by atoms with E-state index in [1.165, 1.54) is 12.1 Å². The third-order valence-corrected chi connectivity index (χ3v) is 8.21. The zero-order chi connectivity index (χ0) is 25.2.